The van der Waals surface area contributed by atoms with Gasteiger partial charge in [0.1, 0.15) is 22.2 Å². The Labute approximate surface area is 224 Å². The first-order chi connectivity index (χ1) is 18.8. The van der Waals surface area contributed by atoms with Gasteiger partial charge in [-0.3, -0.25) is 4.72 Å². The minimum absolute atomic E-state index is 0.0176. The molecule has 39 heavy (non-hydrogen) atoms. The third-order valence-corrected chi connectivity index (χ3v) is 7.09. The second-order valence-corrected chi connectivity index (χ2v) is 10.0. The van der Waals surface area contributed by atoms with Gasteiger partial charge in [-0.25, -0.2) is 22.8 Å². The van der Waals surface area contributed by atoms with E-state index in [1.807, 2.05) is 6.07 Å². The van der Waals surface area contributed by atoms with E-state index >= 15 is 0 Å². The lowest BCUT2D eigenvalue weighted by molar-refractivity contribution is 0.395. The van der Waals surface area contributed by atoms with E-state index < -0.39 is 15.8 Å². The molecule has 5 rings (SSSR count). The van der Waals surface area contributed by atoms with Crippen molar-refractivity contribution >= 4 is 49.8 Å². The molecule has 0 aliphatic rings. The van der Waals surface area contributed by atoms with Crippen LogP contribution in [0, 0.1) is 5.82 Å². The molecule has 9 nitrogen and oxygen atoms in total. The number of ether oxygens (including phenoxy) is 2. The molecule has 0 spiro atoms. The van der Waals surface area contributed by atoms with Crippen LogP contribution in [0.3, 0.4) is 0 Å². The highest BCUT2D eigenvalue weighted by molar-refractivity contribution is 7.92. The van der Waals surface area contributed by atoms with Crippen molar-refractivity contribution in [3.63, 3.8) is 0 Å². The van der Waals surface area contributed by atoms with Crippen LogP contribution in [0.25, 0.3) is 11.0 Å². The molecule has 0 atom stereocenters. The number of methoxy groups -OCH3 is 2. The Bertz CT molecular complexity index is 1740. The molecule has 3 N–H and O–H groups in total. The van der Waals surface area contributed by atoms with E-state index in [9.17, 15) is 12.8 Å². The minimum Gasteiger partial charge on any atom is -0.497 e. The Kier molecular flexibility index (Phi) is 7.15. The zero-order valence-electron chi connectivity index (χ0n) is 21.0. The normalized spacial score (nSPS) is 11.2. The molecule has 0 amide bonds. The number of benzene rings is 4. The Morgan fingerprint density at radius 2 is 1.33 bits per heavy atom. The van der Waals surface area contributed by atoms with Gasteiger partial charge in [-0.2, -0.15) is 0 Å². The van der Waals surface area contributed by atoms with E-state index in [2.05, 4.69) is 25.3 Å². The van der Waals surface area contributed by atoms with Gasteiger partial charge < -0.3 is 20.1 Å². The van der Waals surface area contributed by atoms with E-state index in [1.54, 1.807) is 60.7 Å². The van der Waals surface area contributed by atoms with E-state index in [-0.39, 0.29) is 22.2 Å². The maximum atomic E-state index is 13.7. The lowest BCUT2D eigenvalue weighted by Gasteiger charge is -2.17. The molecule has 0 bridgehead atoms. The van der Waals surface area contributed by atoms with Crippen molar-refractivity contribution in [2.75, 3.05) is 29.6 Å². The molecule has 0 saturated carbocycles. The first kappa shape index (κ1) is 25.7. The van der Waals surface area contributed by atoms with Gasteiger partial charge in [0.15, 0.2) is 11.6 Å². The molecule has 0 unspecified atom stereocenters. The molecule has 11 heteroatoms. The first-order valence-corrected chi connectivity index (χ1v) is 13.2. The zero-order valence-corrected chi connectivity index (χ0v) is 21.8. The van der Waals surface area contributed by atoms with Crippen LogP contribution in [0.1, 0.15) is 0 Å². The predicted molar refractivity (Wildman–Crippen MR) is 149 cm³/mol. The smallest absolute Gasteiger partial charge is 0.265 e. The molecule has 1 aromatic heterocycles. The van der Waals surface area contributed by atoms with Crippen molar-refractivity contribution in [1.29, 1.82) is 0 Å². The molecule has 0 saturated heterocycles. The summed E-state index contributed by atoms with van der Waals surface area (Å²) in [6.07, 6.45) is 0. The fourth-order valence-electron chi connectivity index (χ4n) is 3.88. The van der Waals surface area contributed by atoms with E-state index in [4.69, 9.17) is 9.47 Å². The van der Waals surface area contributed by atoms with Gasteiger partial charge in [0, 0.05) is 29.6 Å². The molecule has 198 valence electrons. The summed E-state index contributed by atoms with van der Waals surface area (Å²) in [6.45, 7) is 0. The summed E-state index contributed by atoms with van der Waals surface area (Å²) in [4.78, 5) is 9.11. The summed E-state index contributed by atoms with van der Waals surface area (Å²) < 4.78 is 54.3. The molecule has 0 radical (unpaired) electrons. The highest BCUT2D eigenvalue weighted by atomic mass is 32.2. The zero-order chi connectivity index (χ0) is 27.4. The Hall–Kier alpha value is -4.90. The third-order valence-electron chi connectivity index (χ3n) is 5.70. The van der Waals surface area contributed by atoms with Gasteiger partial charge in [-0.1, -0.05) is 30.3 Å². The summed E-state index contributed by atoms with van der Waals surface area (Å²) in [5.74, 6) is 0.768. The number of rotatable bonds is 9. The van der Waals surface area contributed by atoms with Crippen molar-refractivity contribution in [2.45, 2.75) is 4.90 Å². The summed E-state index contributed by atoms with van der Waals surface area (Å²) in [6, 6.07) is 24.3. The Morgan fingerprint density at radius 3 is 2.00 bits per heavy atom. The quantitative estimate of drug-likeness (QED) is 0.204. The lowest BCUT2D eigenvalue weighted by atomic mass is 10.2. The van der Waals surface area contributed by atoms with Gasteiger partial charge in [-0.15, -0.1) is 0 Å². The number of anilines is 5. The van der Waals surface area contributed by atoms with Crippen LogP contribution in [-0.2, 0) is 10.0 Å². The van der Waals surface area contributed by atoms with Crippen molar-refractivity contribution in [2.24, 2.45) is 0 Å². The molecular formula is C28H24FN5O4S. The van der Waals surface area contributed by atoms with Crippen LogP contribution >= 0.6 is 0 Å². The Balaban J connectivity index is 1.55. The molecule has 1 heterocycles. The largest absolute Gasteiger partial charge is 0.497 e. The molecule has 4 aromatic carbocycles. The van der Waals surface area contributed by atoms with Crippen molar-refractivity contribution < 1.29 is 22.3 Å². The van der Waals surface area contributed by atoms with Crippen molar-refractivity contribution in [1.82, 2.24) is 9.97 Å². The monoisotopic (exact) mass is 545 g/mol. The van der Waals surface area contributed by atoms with Gasteiger partial charge >= 0.3 is 0 Å². The highest BCUT2D eigenvalue weighted by Gasteiger charge is 2.22. The molecule has 0 aliphatic heterocycles. The number of nitrogens with one attached hydrogen (secondary N) is 3. The summed E-state index contributed by atoms with van der Waals surface area (Å²) in [7, 11) is -1.12. The summed E-state index contributed by atoms with van der Waals surface area (Å²) >= 11 is 0. The number of hydrogen-bond acceptors (Lipinski definition) is 8. The number of nitrogens with zero attached hydrogens (tertiary/aromatic N) is 2. The SMILES string of the molecule is COc1cc(Nc2nc3ccccc3nc2NS(=O)(=O)c2ccccc2Nc2cccc(F)c2)cc(OC)c1. The summed E-state index contributed by atoms with van der Waals surface area (Å²) in [5.41, 5.74) is 2.26. The third kappa shape index (κ3) is 5.83. The van der Waals surface area contributed by atoms with Crippen LogP contribution in [-0.4, -0.2) is 32.6 Å². The fourth-order valence-corrected chi connectivity index (χ4v) is 5.06. The van der Waals surface area contributed by atoms with E-state index in [1.165, 1.54) is 38.5 Å². The van der Waals surface area contributed by atoms with Crippen LogP contribution in [0.4, 0.5) is 33.1 Å². The van der Waals surface area contributed by atoms with Crippen LogP contribution in [0.5, 0.6) is 11.5 Å². The van der Waals surface area contributed by atoms with Crippen LogP contribution in [0.2, 0.25) is 0 Å². The summed E-state index contributed by atoms with van der Waals surface area (Å²) in [5, 5.41) is 6.11. The minimum atomic E-state index is -4.18. The van der Waals surface area contributed by atoms with Crippen molar-refractivity contribution in [3.8, 4) is 11.5 Å². The first-order valence-electron chi connectivity index (χ1n) is 11.8. The number of halogens is 1. The second-order valence-electron chi connectivity index (χ2n) is 8.37. The molecule has 5 aromatic rings. The predicted octanol–water partition coefficient (Wildman–Crippen LogP) is 6.07. The number of aromatic nitrogens is 2. The van der Waals surface area contributed by atoms with Gasteiger partial charge in [0.25, 0.3) is 10.0 Å². The van der Waals surface area contributed by atoms with E-state index in [0.717, 1.165) is 0 Å². The fraction of sp³-hybridized carbons (Fsp3) is 0.0714. The Morgan fingerprint density at radius 1 is 0.692 bits per heavy atom. The van der Waals surface area contributed by atoms with Gasteiger partial charge in [0.2, 0.25) is 0 Å². The molecule has 0 aliphatic carbocycles. The number of para-hydroxylation sites is 3. The highest BCUT2D eigenvalue weighted by Crippen LogP contribution is 2.33. The maximum Gasteiger partial charge on any atom is 0.265 e. The number of fused-ring (bicyclic) bond motifs is 1. The molecular weight excluding hydrogens is 521 g/mol. The average Bonchev–Trinajstić information content (AvgIpc) is 2.93. The second kappa shape index (κ2) is 10.8. The van der Waals surface area contributed by atoms with Gasteiger partial charge in [-0.05, 0) is 42.5 Å². The van der Waals surface area contributed by atoms with Gasteiger partial charge in [0.05, 0.1) is 30.9 Å². The van der Waals surface area contributed by atoms with Crippen molar-refractivity contribution in [3.05, 3.63) is 96.8 Å². The van der Waals surface area contributed by atoms with Crippen LogP contribution < -0.4 is 24.8 Å². The standard InChI is InChI=1S/C28H24FN5O4S/c1-37-21-15-20(16-22(17-21)38-2)31-27-28(33-24-11-4-3-10-23(24)32-27)34-39(35,36)26-13-6-5-12-25(26)30-19-9-7-8-18(29)14-19/h3-17,30H,1-2H3,(H,31,32)(H,33,34). The lowest BCUT2D eigenvalue weighted by Crippen LogP contribution is -2.17. The number of sulfonamides is 1. The molecule has 0 fully saturated rings. The number of hydrogen-bond donors (Lipinski definition) is 3. The van der Waals surface area contributed by atoms with Crippen LogP contribution in [0.15, 0.2) is 95.9 Å². The average molecular weight is 546 g/mol. The topological polar surface area (TPSA) is 114 Å². The maximum absolute atomic E-state index is 13.7. The van der Waals surface area contributed by atoms with E-state index in [0.29, 0.717) is 33.9 Å².